The summed E-state index contributed by atoms with van der Waals surface area (Å²) in [7, 11) is 0. The highest BCUT2D eigenvalue weighted by molar-refractivity contribution is 14.1. The van der Waals surface area contributed by atoms with Crippen LogP contribution in [-0.4, -0.2) is 5.11 Å². The Hall–Kier alpha value is -0.720. The van der Waals surface area contributed by atoms with Crippen LogP contribution in [0.25, 0.3) is 0 Å². The van der Waals surface area contributed by atoms with Gasteiger partial charge in [0.15, 0.2) is 0 Å². The summed E-state index contributed by atoms with van der Waals surface area (Å²) >= 11 is 7.56. The molecule has 0 aliphatic carbocycles. The summed E-state index contributed by atoms with van der Waals surface area (Å²) in [5.41, 5.74) is 1.26. The van der Waals surface area contributed by atoms with E-state index >= 15 is 0 Å². The summed E-state index contributed by atoms with van der Waals surface area (Å²) < 4.78 is 26.9. The van der Waals surface area contributed by atoms with Gasteiger partial charge in [-0.05, 0) is 58.0 Å². The molecule has 1 unspecified atom stereocenters. The molecule has 0 radical (unpaired) electrons. The number of benzene rings is 2. The predicted octanol–water partition coefficient (Wildman–Crippen LogP) is 4.50. The van der Waals surface area contributed by atoms with Crippen molar-refractivity contribution in [2.75, 3.05) is 0 Å². The van der Waals surface area contributed by atoms with Crippen LogP contribution in [0.1, 0.15) is 17.2 Å². The van der Waals surface area contributed by atoms with Crippen LogP contribution in [0.5, 0.6) is 0 Å². The molecule has 100 valence electrons. The molecule has 1 nitrogen and oxygen atoms in total. The van der Waals surface area contributed by atoms with Crippen molar-refractivity contribution >= 4 is 34.2 Å². The average molecular weight is 395 g/mol. The van der Waals surface area contributed by atoms with Gasteiger partial charge in [-0.1, -0.05) is 23.7 Å². The zero-order valence-electron chi connectivity index (χ0n) is 9.71. The van der Waals surface area contributed by atoms with E-state index in [1.807, 2.05) is 22.6 Å². The van der Waals surface area contributed by atoms with E-state index in [0.717, 1.165) is 0 Å². The van der Waals surface area contributed by atoms with Crippen molar-refractivity contribution in [3.63, 3.8) is 0 Å². The molecule has 2 aromatic rings. The molecule has 2 rings (SSSR count). The summed E-state index contributed by atoms with van der Waals surface area (Å²) in [5.74, 6) is -0.863. The number of hydrogen-bond donors (Lipinski definition) is 1. The van der Waals surface area contributed by atoms with Gasteiger partial charge in [-0.25, -0.2) is 8.78 Å². The van der Waals surface area contributed by atoms with Crippen LogP contribution in [0.4, 0.5) is 8.78 Å². The van der Waals surface area contributed by atoms with E-state index in [4.69, 9.17) is 11.6 Å². The van der Waals surface area contributed by atoms with Crippen LogP contribution in [-0.2, 0) is 6.42 Å². The second-order valence-electron chi connectivity index (χ2n) is 4.13. The predicted molar refractivity (Wildman–Crippen MR) is 79.2 cm³/mol. The fourth-order valence-corrected chi connectivity index (χ4v) is 2.73. The van der Waals surface area contributed by atoms with Crippen molar-refractivity contribution in [3.05, 3.63) is 67.8 Å². The van der Waals surface area contributed by atoms with Crippen LogP contribution < -0.4 is 0 Å². The minimum Gasteiger partial charge on any atom is -0.388 e. The smallest absolute Gasteiger partial charge is 0.142 e. The van der Waals surface area contributed by atoms with Crippen LogP contribution in [0.15, 0.2) is 36.4 Å². The van der Waals surface area contributed by atoms with Gasteiger partial charge in [0.05, 0.1) is 11.1 Å². The molecule has 0 spiro atoms. The van der Waals surface area contributed by atoms with Crippen molar-refractivity contribution in [2.45, 2.75) is 12.5 Å². The molecule has 0 aromatic heterocycles. The lowest BCUT2D eigenvalue weighted by Crippen LogP contribution is -2.04. The van der Waals surface area contributed by atoms with Crippen molar-refractivity contribution in [1.29, 1.82) is 0 Å². The van der Waals surface area contributed by atoms with Gasteiger partial charge in [-0.15, -0.1) is 0 Å². The fraction of sp³-hybridized carbons (Fsp3) is 0.143. The molecule has 19 heavy (non-hydrogen) atoms. The Kier molecular flexibility index (Phi) is 4.76. The van der Waals surface area contributed by atoms with E-state index in [1.165, 1.54) is 30.3 Å². The monoisotopic (exact) mass is 394 g/mol. The highest BCUT2D eigenvalue weighted by Gasteiger charge is 2.13. The lowest BCUT2D eigenvalue weighted by atomic mass is 10.0. The minimum atomic E-state index is -0.812. The first-order chi connectivity index (χ1) is 8.97. The molecule has 0 saturated heterocycles. The lowest BCUT2D eigenvalue weighted by Gasteiger charge is -2.13. The maximum atomic E-state index is 13.3. The number of aliphatic hydroxyl groups excluding tert-OH is 1. The van der Waals surface area contributed by atoms with Gasteiger partial charge in [0, 0.05) is 9.99 Å². The summed E-state index contributed by atoms with van der Waals surface area (Å²) in [6.07, 6.45) is -0.566. The lowest BCUT2D eigenvalue weighted by molar-refractivity contribution is 0.177. The Balaban J connectivity index is 2.20. The molecule has 2 aromatic carbocycles. The van der Waals surface area contributed by atoms with E-state index in [2.05, 4.69) is 0 Å². The van der Waals surface area contributed by atoms with E-state index in [0.29, 0.717) is 14.7 Å². The van der Waals surface area contributed by atoms with Gasteiger partial charge in [0.1, 0.15) is 11.6 Å². The first-order valence-electron chi connectivity index (χ1n) is 5.54. The SMILES string of the molecule is OC(Cc1ccc(Cl)c(F)c1)c1ccc(F)cc1I. The molecule has 0 amide bonds. The van der Waals surface area contributed by atoms with Crippen molar-refractivity contribution < 1.29 is 13.9 Å². The molecule has 5 heteroatoms. The first kappa shape index (κ1) is 14.7. The highest BCUT2D eigenvalue weighted by atomic mass is 127. The van der Waals surface area contributed by atoms with E-state index in [1.54, 1.807) is 6.07 Å². The van der Waals surface area contributed by atoms with Crippen molar-refractivity contribution in [2.24, 2.45) is 0 Å². The van der Waals surface area contributed by atoms with Gasteiger partial charge in [0.25, 0.3) is 0 Å². The number of aliphatic hydroxyl groups is 1. The van der Waals surface area contributed by atoms with Gasteiger partial charge in [-0.2, -0.15) is 0 Å². The summed E-state index contributed by atoms with van der Waals surface area (Å²) in [6, 6.07) is 8.58. The maximum absolute atomic E-state index is 13.3. The number of hydrogen-bond acceptors (Lipinski definition) is 1. The molecular formula is C14H10ClF2IO. The van der Waals surface area contributed by atoms with Gasteiger partial charge >= 0.3 is 0 Å². The molecule has 1 N–H and O–H groups in total. The van der Waals surface area contributed by atoms with Gasteiger partial charge < -0.3 is 5.11 Å². The zero-order valence-corrected chi connectivity index (χ0v) is 12.6. The molecule has 0 saturated carbocycles. The third kappa shape index (κ3) is 3.64. The molecule has 0 bridgehead atoms. The van der Waals surface area contributed by atoms with Gasteiger partial charge in [0.2, 0.25) is 0 Å². The second-order valence-corrected chi connectivity index (χ2v) is 5.70. The molecule has 0 aliphatic rings. The Morgan fingerprint density at radius 3 is 2.53 bits per heavy atom. The van der Waals surface area contributed by atoms with Crippen molar-refractivity contribution in [3.8, 4) is 0 Å². The zero-order chi connectivity index (χ0) is 14.0. The second kappa shape index (κ2) is 6.15. The number of rotatable bonds is 3. The Morgan fingerprint density at radius 1 is 1.16 bits per heavy atom. The molecule has 0 fully saturated rings. The summed E-state index contributed by atoms with van der Waals surface area (Å²) in [4.78, 5) is 0. The molecular weight excluding hydrogens is 385 g/mol. The van der Waals surface area contributed by atoms with Crippen LogP contribution in [0.3, 0.4) is 0 Å². The fourth-order valence-electron chi connectivity index (χ4n) is 1.77. The maximum Gasteiger partial charge on any atom is 0.142 e. The van der Waals surface area contributed by atoms with Gasteiger partial charge in [-0.3, -0.25) is 0 Å². The largest absolute Gasteiger partial charge is 0.388 e. The van der Waals surface area contributed by atoms with E-state index < -0.39 is 11.9 Å². The Morgan fingerprint density at radius 2 is 1.89 bits per heavy atom. The quantitative estimate of drug-likeness (QED) is 0.760. The van der Waals surface area contributed by atoms with Crippen LogP contribution in [0, 0.1) is 15.2 Å². The number of halogens is 4. The molecule has 1 atom stereocenters. The summed E-state index contributed by atoms with van der Waals surface area (Å²) in [5, 5.41) is 10.2. The minimum absolute atomic E-state index is 0.0506. The average Bonchev–Trinajstić information content (AvgIpc) is 2.33. The normalized spacial score (nSPS) is 12.5. The standard InChI is InChI=1S/C14H10ClF2IO/c15-11-4-1-8(5-12(11)17)6-14(19)10-3-2-9(16)7-13(10)18/h1-5,7,14,19H,6H2. The third-order valence-corrected chi connectivity index (χ3v) is 3.98. The Bertz CT molecular complexity index is 604. The highest BCUT2D eigenvalue weighted by Crippen LogP contribution is 2.25. The van der Waals surface area contributed by atoms with Crippen molar-refractivity contribution in [1.82, 2.24) is 0 Å². The first-order valence-corrected chi connectivity index (χ1v) is 7.00. The topological polar surface area (TPSA) is 20.2 Å². The Labute approximate surface area is 128 Å². The third-order valence-electron chi connectivity index (χ3n) is 2.73. The molecule has 0 heterocycles. The van der Waals surface area contributed by atoms with E-state index in [9.17, 15) is 13.9 Å². The van der Waals surface area contributed by atoms with Crippen LogP contribution in [0.2, 0.25) is 5.02 Å². The van der Waals surface area contributed by atoms with Crippen LogP contribution >= 0.6 is 34.2 Å². The molecule has 0 aliphatic heterocycles. The van der Waals surface area contributed by atoms with E-state index in [-0.39, 0.29) is 17.3 Å². The summed E-state index contributed by atoms with van der Waals surface area (Å²) in [6.45, 7) is 0.